The molecule has 3 aliphatic rings. The molecule has 8 nitrogen and oxygen atoms in total. The number of fused-ring (bicyclic) bond motifs is 3. The van der Waals surface area contributed by atoms with Crippen LogP contribution in [0.1, 0.15) is 39.2 Å². The van der Waals surface area contributed by atoms with Gasteiger partial charge >= 0.3 is 5.97 Å². The lowest BCUT2D eigenvalue weighted by Gasteiger charge is -2.39. The van der Waals surface area contributed by atoms with E-state index in [2.05, 4.69) is 4.90 Å². The first kappa shape index (κ1) is 21.1. The van der Waals surface area contributed by atoms with Gasteiger partial charge in [-0.15, -0.1) is 11.8 Å². The van der Waals surface area contributed by atoms with E-state index >= 15 is 0 Å². The number of esters is 1. The van der Waals surface area contributed by atoms with Gasteiger partial charge in [-0.2, -0.15) is 0 Å². The third-order valence-corrected chi connectivity index (χ3v) is 7.21. The van der Waals surface area contributed by atoms with Crippen LogP contribution in [0.2, 0.25) is 0 Å². The van der Waals surface area contributed by atoms with E-state index in [1.165, 1.54) is 7.11 Å². The molecule has 0 unspecified atom stereocenters. The Morgan fingerprint density at radius 2 is 1.81 bits per heavy atom. The van der Waals surface area contributed by atoms with Gasteiger partial charge in [-0.3, -0.25) is 4.90 Å². The van der Waals surface area contributed by atoms with E-state index in [-0.39, 0.29) is 12.8 Å². The van der Waals surface area contributed by atoms with E-state index in [1.807, 2.05) is 19.4 Å². The van der Waals surface area contributed by atoms with E-state index in [4.69, 9.17) is 28.4 Å². The van der Waals surface area contributed by atoms with Crippen LogP contribution in [0.3, 0.4) is 0 Å². The van der Waals surface area contributed by atoms with Crippen molar-refractivity contribution in [2.75, 3.05) is 48.0 Å². The molecule has 32 heavy (non-hydrogen) atoms. The fourth-order valence-electron chi connectivity index (χ4n) is 5.01. The molecular weight excluding hydrogens is 434 g/mol. The van der Waals surface area contributed by atoms with Gasteiger partial charge in [0.15, 0.2) is 23.0 Å². The summed E-state index contributed by atoms with van der Waals surface area (Å²) in [7, 11) is 6.73. The second-order valence-electron chi connectivity index (χ2n) is 7.79. The number of carbonyl (C=O) groups is 1. The average Bonchev–Trinajstić information content (AvgIpc) is 3.41. The maximum atomic E-state index is 13.0. The smallest absolute Gasteiger partial charge is 0.343 e. The first-order valence-corrected chi connectivity index (χ1v) is 11.5. The predicted octanol–water partition coefficient (Wildman–Crippen LogP) is 3.60. The Bertz CT molecular complexity index is 1100. The van der Waals surface area contributed by atoms with Crippen molar-refractivity contribution >= 4 is 17.7 Å². The number of ether oxygens (including phenoxy) is 6. The molecule has 9 heteroatoms. The minimum absolute atomic E-state index is 0.154. The number of likely N-dealkylation sites (N-methyl/N-ethyl adjacent to an activating group) is 1. The topological polar surface area (TPSA) is 75.7 Å². The van der Waals surface area contributed by atoms with Gasteiger partial charge in [0, 0.05) is 17.7 Å². The van der Waals surface area contributed by atoms with Crippen LogP contribution in [0, 0.1) is 0 Å². The molecule has 0 spiro atoms. The Balaban J connectivity index is 1.73. The van der Waals surface area contributed by atoms with Crippen molar-refractivity contribution in [1.29, 1.82) is 0 Å². The standard InChI is InChI=1S/C23H25NO7S/c1-24-9-8-12-14(19(28-4)20-21(22(12)32-5)30-10-29-20)16(24)17-11-6-7-13(26-2)18(27-3)15(11)23(25)31-17/h6-7,16-17H,8-10H2,1-5H3/t16-,17+/m1/s1. The van der Waals surface area contributed by atoms with Gasteiger partial charge in [-0.05, 0) is 31.4 Å². The summed E-state index contributed by atoms with van der Waals surface area (Å²) in [5, 5.41) is 0. The lowest BCUT2D eigenvalue weighted by Crippen LogP contribution is -2.36. The van der Waals surface area contributed by atoms with Crippen LogP contribution in [0.25, 0.3) is 0 Å². The molecule has 170 valence electrons. The van der Waals surface area contributed by atoms with E-state index in [1.54, 1.807) is 32.0 Å². The van der Waals surface area contributed by atoms with Crippen molar-refractivity contribution in [2.45, 2.75) is 23.5 Å². The molecule has 0 fully saturated rings. The number of thioether (sulfide) groups is 1. The average molecular weight is 460 g/mol. The highest BCUT2D eigenvalue weighted by Crippen LogP contribution is 2.58. The molecule has 0 amide bonds. The minimum atomic E-state index is -0.537. The molecule has 2 aromatic rings. The summed E-state index contributed by atoms with van der Waals surface area (Å²) in [5.74, 6) is 2.42. The van der Waals surface area contributed by atoms with Crippen molar-refractivity contribution in [3.63, 3.8) is 0 Å². The van der Waals surface area contributed by atoms with Crippen LogP contribution in [0.5, 0.6) is 28.7 Å². The molecule has 0 radical (unpaired) electrons. The van der Waals surface area contributed by atoms with Crippen molar-refractivity contribution < 1.29 is 33.2 Å². The highest BCUT2D eigenvalue weighted by molar-refractivity contribution is 7.98. The Kier molecular flexibility index (Phi) is 5.25. The number of hydrogen-bond donors (Lipinski definition) is 0. The van der Waals surface area contributed by atoms with Gasteiger partial charge < -0.3 is 28.4 Å². The normalized spacial score (nSPS) is 21.1. The van der Waals surface area contributed by atoms with Gasteiger partial charge in [0.1, 0.15) is 11.7 Å². The van der Waals surface area contributed by atoms with Crippen LogP contribution >= 0.6 is 11.8 Å². The molecule has 0 saturated carbocycles. The van der Waals surface area contributed by atoms with Gasteiger partial charge in [0.2, 0.25) is 12.5 Å². The number of benzene rings is 2. The van der Waals surface area contributed by atoms with E-state index in [0.717, 1.165) is 40.3 Å². The number of cyclic esters (lactones) is 1. The lowest BCUT2D eigenvalue weighted by atomic mass is 9.85. The lowest BCUT2D eigenvalue weighted by molar-refractivity contribution is 0.00857. The number of nitrogens with zero attached hydrogens (tertiary/aromatic N) is 1. The third-order valence-electron chi connectivity index (χ3n) is 6.37. The molecule has 0 N–H and O–H groups in total. The quantitative estimate of drug-likeness (QED) is 0.492. The van der Waals surface area contributed by atoms with Crippen molar-refractivity contribution in [1.82, 2.24) is 4.90 Å². The van der Waals surface area contributed by atoms with Crippen LogP contribution < -0.4 is 23.7 Å². The van der Waals surface area contributed by atoms with Gasteiger partial charge in [0.05, 0.1) is 32.3 Å². The SMILES string of the molecule is COc1ccc2c(c1OC)C(=O)O[C@@H]2[C@H]1c2c(c(SC)c3c(c2OC)OCO3)CCN1C. The highest BCUT2D eigenvalue weighted by atomic mass is 32.2. The van der Waals surface area contributed by atoms with Gasteiger partial charge in [0.25, 0.3) is 0 Å². The van der Waals surface area contributed by atoms with E-state index < -0.39 is 12.1 Å². The maximum Gasteiger partial charge on any atom is 0.343 e. The highest BCUT2D eigenvalue weighted by Gasteiger charge is 2.47. The van der Waals surface area contributed by atoms with Crippen LogP contribution in [0.15, 0.2) is 17.0 Å². The fraction of sp³-hybridized carbons (Fsp3) is 0.435. The summed E-state index contributed by atoms with van der Waals surface area (Å²) in [5.41, 5.74) is 3.28. The molecule has 0 aliphatic carbocycles. The second-order valence-corrected chi connectivity index (χ2v) is 8.61. The molecule has 3 heterocycles. The number of hydrogen-bond acceptors (Lipinski definition) is 9. The summed E-state index contributed by atoms with van der Waals surface area (Å²) in [6, 6.07) is 3.42. The van der Waals surface area contributed by atoms with Crippen LogP contribution in [0.4, 0.5) is 0 Å². The number of rotatable bonds is 5. The number of methoxy groups -OCH3 is 3. The summed E-state index contributed by atoms with van der Waals surface area (Å²) in [6.07, 6.45) is 2.31. The van der Waals surface area contributed by atoms with Crippen LogP contribution in [-0.2, 0) is 11.2 Å². The monoisotopic (exact) mass is 459 g/mol. The van der Waals surface area contributed by atoms with Crippen LogP contribution in [-0.4, -0.2) is 58.8 Å². The summed E-state index contributed by atoms with van der Waals surface area (Å²) in [6.45, 7) is 0.950. The van der Waals surface area contributed by atoms with Gasteiger partial charge in [-0.1, -0.05) is 6.07 Å². The van der Waals surface area contributed by atoms with Crippen molar-refractivity contribution in [3.05, 3.63) is 34.4 Å². The zero-order chi connectivity index (χ0) is 22.6. The van der Waals surface area contributed by atoms with Crippen molar-refractivity contribution in [2.24, 2.45) is 0 Å². The van der Waals surface area contributed by atoms with E-state index in [0.29, 0.717) is 28.6 Å². The molecule has 3 aliphatic heterocycles. The van der Waals surface area contributed by atoms with Crippen molar-refractivity contribution in [3.8, 4) is 28.7 Å². The third kappa shape index (κ3) is 2.84. The molecular formula is C23H25NO7S. The molecule has 2 atom stereocenters. The Labute approximate surface area is 190 Å². The second kappa shape index (κ2) is 7.97. The predicted molar refractivity (Wildman–Crippen MR) is 118 cm³/mol. The Hall–Kier alpha value is -2.78. The van der Waals surface area contributed by atoms with E-state index in [9.17, 15) is 4.79 Å². The first-order valence-electron chi connectivity index (χ1n) is 10.3. The maximum absolute atomic E-state index is 13.0. The Morgan fingerprint density at radius 3 is 2.50 bits per heavy atom. The minimum Gasteiger partial charge on any atom is -0.493 e. The summed E-state index contributed by atoms with van der Waals surface area (Å²) < 4.78 is 34.4. The largest absolute Gasteiger partial charge is 0.493 e. The first-order chi connectivity index (χ1) is 15.5. The Morgan fingerprint density at radius 1 is 1.06 bits per heavy atom. The molecule has 0 bridgehead atoms. The fourth-order valence-corrected chi connectivity index (χ4v) is 5.80. The zero-order valence-corrected chi connectivity index (χ0v) is 19.5. The molecule has 5 rings (SSSR count). The molecule has 2 aromatic carbocycles. The summed E-state index contributed by atoms with van der Waals surface area (Å²) >= 11 is 1.63. The molecule has 0 saturated heterocycles. The zero-order valence-electron chi connectivity index (χ0n) is 18.6. The molecule has 0 aromatic heterocycles. The summed E-state index contributed by atoms with van der Waals surface area (Å²) in [4.78, 5) is 16.2. The van der Waals surface area contributed by atoms with Gasteiger partial charge in [-0.25, -0.2) is 4.79 Å². The number of carbonyl (C=O) groups excluding carboxylic acids is 1.